The third-order valence-electron chi connectivity index (χ3n) is 2.37. The molecule has 0 atom stereocenters. The molecule has 2 aromatic rings. The normalized spacial score (nSPS) is 10.6. The first-order valence-corrected chi connectivity index (χ1v) is 6.32. The van der Waals surface area contributed by atoms with Crippen molar-refractivity contribution in [2.45, 2.75) is 0 Å². The number of halogens is 1. The third-order valence-corrected chi connectivity index (χ3v) is 2.74. The smallest absolute Gasteiger partial charge is 0.133 e. The van der Waals surface area contributed by atoms with Gasteiger partial charge in [-0.15, -0.1) is 0 Å². The summed E-state index contributed by atoms with van der Waals surface area (Å²) < 4.78 is 0. The molecule has 0 saturated carbocycles. The molecule has 0 saturated heterocycles. The van der Waals surface area contributed by atoms with Crippen LogP contribution in [0.3, 0.4) is 0 Å². The quantitative estimate of drug-likeness (QED) is 0.841. The van der Waals surface area contributed by atoms with Gasteiger partial charge in [-0.3, -0.25) is 0 Å². The lowest BCUT2D eigenvalue weighted by Crippen LogP contribution is -2.17. The molecule has 17 heavy (non-hydrogen) atoms. The first-order valence-electron chi connectivity index (χ1n) is 5.40. The Morgan fingerprint density at radius 3 is 2.47 bits per heavy atom. The minimum Gasteiger partial charge on any atom is -0.323 e. The number of aromatic nitrogens is 1. The standard InChI is InChI=1S/C14H13BrN2/c15-10-6-12-17(13-7-2-1-3-8-13)14-9-4-5-11-16-14/h1-11H,12H2. The van der Waals surface area contributed by atoms with E-state index in [9.17, 15) is 0 Å². The first-order chi connectivity index (χ1) is 8.42. The number of benzene rings is 1. The summed E-state index contributed by atoms with van der Waals surface area (Å²) in [6.07, 6.45) is 3.85. The average molecular weight is 289 g/mol. The van der Waals surface area contributed by atoms with Gasteiger partial charge in [-0.05, 0) is 29.3 Å². The molecule has 1 heterocycles. The monoisotopic (exact) mass is 288 g/mol. The number of rotatable bonds is 4. The van der Waals surface area contributed by atoms with Crippen molar-refractivity contribution in [3.8, 4) is 0 Å². The Morgan fingerprint density at radius 1 is 1.06 bits per heavy atom. The molecule has 0 unspecified atom stereocenters. The van der Waals surface area contributed by atoms with Crippen molar-refractivity contribution in [3.05, 3.63) is 65.8 Å². The van der Waals surface area contributed by atoms with Crippen LogP contribution in [0.2, 0.25) is 0 Å². The van der Waals surface area contributed by atoms with Crippen LogP contribution in [-0.2, 0) is 0 Å². The van der Waals surface area contributed by atoms with Crippen LogP contribution in [0.4, 0.5) is 11.5 Å². The fourth-order valence-corrected chi connectivity index (χ4v) is 1.76. The molecule has 0 spiro atoms. The van der Waals surface area contributed by atoms with Gasteiger partial charge in [-0.1, -0.05) is 46.3 Å². The van der Waals surface area contributed by atoms with Crippen molar-refractivity contribution in [1.82, 2.24) is 4.98 Å². The molecule has 0 fully saturated rings. The van der Waals surface area contributed by atoms with E-state index in [1.165, 1.54) is 0 Å². The summed E-state index contributed by atoms with van der Waals surface area (Å²) in [6.45, 7) is 0.784. The molecule has 86 valence electrons. The van der Waals surface area contributed by atoms with Gasteiger partial charge in [0, 0.05) is 18.4 Å². The van der Waals surface area contributed by atoms with E-state index in [-0.39, 0.29) is 0 Å². The molecule has 0 N–H and O–H groups in total. The fourth-order valence-electron chi connectivity index (χ4n) is 1.60. The highest BCUT2D eigenvalue weighted by atomic mass is 79.9. The zero-order valence-corrected chi connectivity index (χ0v) is 10.9. The molecule has 0 aliphatic carbocycles. The second kappa shape index (κ2) is 6.21. The number of anilines is 2. The van der Waals surface area contributed by atoms with Crippen molar-refractivity contribution < 1.29 is 0 Å². The maximum Gasteiger partial charge on any atom is 0.133 e. The number of para-hydroxylation sites is 1. The summed E-state index contributed by atoms with van der Waals surface area (Å²) in [5.41, 5.74) is 1.14. The van der Waals surface area contributed by atoms with Crippen molar-refractivity contribution >= 4 is 27.4 Å². The van der Waals surface area contributed by atoms with Gasteiger partial charge < -0.3 is 4.90 Å². The zero-order valence-electron chi connectivity index (χ0n) is 9.33. The van der Waals surface area contributed by atoms with E-state index >= 15 is 0 Å². The Bertz CT molecular complexity index is 429. The molecule has 0 radical (unpaired) electrons. The van der Waals surface area contributed by atoms with Gasteiger partial charge >= 0.3 is 0 Å². The second-order valence-corrected chi connectivity index (χ2v) is 4.02. The summed E-state index contributed by atoms with van der Waals surface area (Å²) in [5.74, 6) is 0.948. The van der Waals surface area contributed by atoms with Crippen LogP contribution in [0.1, 0.15) is 0 Å². The van der Waals surface area contributed by atoms with Crippen molar-refractivity contribution in [3.63, 3.8) is 0 Å². The van der Waals surface area contributed by atoms with E-state index in [1.807, 2.05) is 53.7 Å². The zero-order chi connectivity index (χ0) is 11.9. The fraction of sp³-hybridized carbons (Fsp3) is 0.0714. The topological polar surface area (TPSA) is 16.1 Å². The van der Waals surface area contributed by atoms with Crippen LogP contribution < -0.4 is 4.90 Å². The summed E-state index contributed by atoms with van der Waals surface area (Å²) in [6, 6.07) is 16.2. The number of nitrogens with zero attached hydrogens (tertiary/aromatic N) is 2. The summed E-state index contributed by atoms with van der Waals surface area (Å²) in [4.78, 5) is 8.40. The van der Waals surface area contributed by atoms with Gasteiger partial charge in [0.05, 0.1) is 0 Å². The largest absolute Gasteiger partial charge is 0.323 e. The van der Waals surface area contributed by atoms with Crippen molar-refractivity contribution in [1.29, 1.82) is 0 Å². The Hall–Kier alpha value is -1.61. The molecule has 1 aromatic carbocycles. The highest BCUT2D eigenvalue weighted by Crippen LogP contribution is 2.22. The number of hydrogen-bond donors (Lipinski definition) is 0. The summed E-state index contributed by atoms with van der Waals surface area (Å²) in [5, 5.41) is 0. The Labute approximate surface area is 110 Å². The molecular formula is C14H13BrN2. The highest BCUT2D eigenvalue weighted by Gasteiger charge is 2.07. The molecule has 0 bridgehead atoms. The van der Waals surface area contributed by atoms with E-state index < -0.39 is 0 Å². The van der Waals surface area contributed by atoms with Gasteiger partial charge in [0.2, 0.25) is 0 Å². The van der Waals surface area contributed by atoms with E-state index in [0.29, 0.717) is 0 Å². The minimum absolute atomic E-state index is 0.784. The maximum atomic E-state index is 4.39. The third kappa shape index (κ3) is 3.17. The Kier molecular flexibility index (Phi) is 4.33. The first kappa shape index (κ1) is 11.9. The lowest BCUT2D eigenvalue weighted by atomic mass is 10.2. The molecule has 0 aliphatic rings. The van der Waals surface area contributed by atoms with Gasteiger partial charge in [0.15, 0.2) is 0 Å². The van der Waals surface area contributed by atoms with Crippen LogP contribution >= 0.6 is 15.9 Å². The number of pyridine rings is 1. The van der Waals surface area contributed by atoms with E-state index in [1.54, 1.807) is 0 Å². The molecule has 2 nitrogen and oxygen atoms in total. The summed E-state index contributed by atoms with van der Waals surface area (Å²) >= 11 is 3.30. The van der Waals surface area contributed by atoms with Crippen LogP contribution in [0, 0.1) is 0 Å². The average Bonchev–Trinajstić information content (AvgIpc) is 2.42. The maximum absolute atomic E-state index is 4.39. The predicted molar refractivity (Wildman–Crippen MR) is 75.8 cm³/mol. The Balaban J connectivity index is 2.32. The predicted octanol–water partition coefficient (Wildman–Crippen LogP) is 4.13. The summed E-state index contributed by atoms with van der Waals surface area (Å²) in [7, 11) is 0. The molecule has 2 rings (SSSR count). The molecule has 0 amide bonds. The molecule has 1 aromatic heterocycles. The van der Waals surface area contributed by atoms with Gasteiger partial charge in [0.25, 0.3) is 0 Å². The van der Waals surface area contributed by atoms with E-state index in [4.69, 9.17) is 0 Å². The molecule has 3 heteroatoms. The SMILES string of the molecule is BrC=CCN(c1ccccc1)c1ccccn1. The van der Waals surface area contributed by atoms with Crippen molar-refractivity contribution in [2.75, 3.05) is 11.4 Å². The van der Waals surface area contributed by atoms with Crippen LogP contribution in [-0.4, -0.2) is 11.5 Å². The highest BCUT2D eigenvalue weighted by molar-refractivity contribution is 9.11. The number of hydrogen-bond acceptors (Lipinski definition) is 2. The molecule has 0 aliphatic heterocycles. The minimum atomic E-state index is 0.784. The van der Waals surface area contributed by atoms with Gasteiger partial charge in [-0.25, -0.2) is 4.98 Å². The van der Waals surface area contributed by atoms with Gasteiger partial charge in [-0.2, -0.15) is 0 Å². The van der Waals surface area contributed by atoms with Crippen LogP contribution in [0.15, 0.2) is 65.8 Å². The van der Waals surface area contributed by atoms with Crippen molar-refractivity contribution in [2.24, 2.45) is 0 Å². The van der Waals surface area contributed by atoms with E-state index in [2.05, 4.69) is 37.9 Å². The lowest BCUT2D eigenvalue weighted by molar-refractivity contribution is 1.05. The van der Waals surface area contributed by atoms with Crippen LogP contribution in [0.5, 0.6) is 0 Å². The Morgan fingerprint density at radius 2 is 1.82 bits per heavy atom. The van der Waals surface area contributed by atoms with Gasteiger partial charge in [0.1, 0.15) is 5.82 Å². The lowest BCUT2D eigenvalue weighted by Gasteiger charge is -2.22. The second-order valence-electron chi connectivity index (χ2n) is 3.50. The molecular weight excluding hydrogens is 276 g/mol. The van der Waals surface area contributed by atoms with E-state index in [0.717, 1.165) is 18.1 Å². The van der Waals surface area contributed by atoms with Crippen LogP contribution in [0.25, 0.3) is 0 Å².